The van der Waals surface area contributed by atoms with Crippen molar-refractivity contribution in [3.63, 3.8) is 0 Å². The molecule has 2 aliphatic rings. The van der Waals surface area contributed by atoms with Gasteiger partial charge in [-0.25, -0.2) is 0 Å². The lowest BCUT2D eigenvalue weighted by atomic mass is 9.98. The second-order valence-corrected chi connectivity index (χ2v) is 4.89. The molecule has 1 saturated heterocycles. The summed E-state index contributed by atoms with van der Waals surface area (Å²) >= 11 is 0. The molecule has 0 aromatic rings. The minimum atomic E-state index is -0.387. The second kappa shape index (κ2) is 6.55. The predicted molar refractivity (Wildman–Crippen MR) is 61.4 cm³/mol. The van der Waals surface area contributed by atoms with E-state index in [1.807, 2.05) is 0 Å². The van der Waals surface area contributed by atoms with Crippen molar-refractivity contribution in [1.82, 2.24) is 5.32 Å². The van der Waals surface area contributed by atoms with Crippen molar-refractivity contribution in [3.8, 4) is 0 Å². The maximum absolute atomic E-state index is 9.72. The van der Waals surface area contributed by atoms with Crippen molar-refractivity contribution >= 4 is 0 Å². The van der Waals surface area contributed by atoms with Crippen molar-refractivity contribution in [2.24, 2.45) is 0 Å². The Kier molecular flexibility index (Phi) is 5.03. The smallest absolute Gasteiger partial charge is 0.0897 e. The first-order valence-corrected chi connectivity index (χ1v) is 6.45. The summed E-state index contributed by atoms with van der Waals surface area (Å²) in [5.41, 5.74) is 0. The molecule has 0 aromatic carbocycles. The van der Waals surface area contributed by atoms with Crippen LogP contribution in [0.15, 0.2) is 0 Å². The Morgan fingerprint density at radius 1 is 1.25 bits per heavy atom. The molecule has 2 N–H and O–H groups in total. The third-order valence-electron chi connectivity index (χ3n) is 3.36. The Bertz CT molecular complexity index is 191. The Hall–Kier alpha value is -0.160. The summed E-state index contributed by atoms with van der Waals surface area (Å²) in [6, 6.07) is 0.435. The van der Waals surface area contributed by atoms with E-state index in [1.54, 1.807) is 0 Å². The van der Waals surface area contributed by atoms with E-state index in [1.165, 1.54) is 19.3 Å². The summed E-state index contributed by atoms with van der Waals surface area (Å²) in [7, 11) is 0. The van der Waals surface area contributed by atoms with Crippen LogP contribution >= 0.6 is 0 Å². The molecule has 0 aromatic heterocycles. The van der Waals surface area contributed by atoms with Gasteiger partial charge in [-0.3, -0.25) is 0 Å². The number of ether oxygens (including phenoxy) is 2. The number of hydrogen-bond acceptors (Lipinski definition) is 4. The molecule has 0 spiro atoms. The van der Waals surface area contributed by atoms with Crippen LogP contribution in [0.2, 0.25) is 0 Å². The van der Waals surface area contributed by atoms with Gasteiger partial charge in [0, 0.05) is 6.54 Å². The highest BCUT2D eigenvalue weighted by atomic mass is 16.5. The molecule has 4 nitrogen and oxygen atoms in total. The minimum Gasteiger partial charge on any atom is -0.389 e. The number of aliphatic hydroxyl groups is 1. The molecule has 1 aliphatic heterocycles. The molecule has 16 heavy (non-hydrogen) atoms. The Balaban J connectivity index is 1.50. The molecular formula is C12H23NO3. The number of hydrogen-bond donors (Lipinski definition) is 2. The molecule has 0 radical (unpaired) electrons. The third kappa shape index (κ3) is 4.01. The maximum atomic E-state index is 9.72. The van der Waals surface area contributed by atoms with Crippen LogP contribution in [0, 0.1) is 0 Å². The fourth-order valence-electron chi connectivity index (χ4n) is 2.19. The Morgan fingerprint density at radius 3 is 2.62 bits per heavy atom. The highest BCUT2D eigenvalue weighted by Gasteiger charge is 2.19. The number of nitrogens with one attached hydrogen (secondary N) is 1. The van der Waals surface area contributed by atoms with E-state index in [0.29, 0.717) is 25.3 Å². The first kappa shape index (κ1) is 12.3. The summed E-state index contributed by atoms with van der Waals surface area (Å²) in [5.74, 6) is 0. The van der Waals surface area contributed by atoms with Crippen molar-refractivity contribution in [2.75, 3.05) is 26.4 Å². The summed E-state index contributed by atoms with van der Waals surface area (Å²) in [5, 5.41) is 13.0. The first-order chi connectivity index (χ1) is 7.84. The summed E-state index contributed by atoms with van der Waals surface area (Å²) < 4.78 is 10.8. The maximum Gasteiger partial charge on any atom is 0.0897 e. The molecular weight excluding hydrogens is 206 g/mol. The van der Waals surface area contributed by atoms with E-state index in [9.17, 15) is 5.11 Å². The molecule has 1 atom stereocenters. The van der Waals surface area contributed by atoms with Crippen molar-refractivity contribution in [2.45, 2.75) is 50.4 Å². The molecule has 1 unspecified atom stereocenters. The van der Waals surface area contributed by atoms with Gasteiger partial charge in [0.25, 0.3) is 0 Å². The normalized spacial score (nSPS) is 25.3. The van der Waals surface area contributed by atoms with Crippen LogP contribution < -0.4 is 5.32 Å². The van der Waals surface area contributed by atoms with Gasteiger partial charge in [-0.15, -0.1) is 0 Å². The van der Waals surface area contributed by atoms with E-state index >= 15 is 0 Å². The molecule has 1 saturated carbocycles. The molecule has 2 fully saturated rings. The summed E-state index contributed by atoms with van der Waals surface area (Å²) in [6.07, 6.45) is 6.22. The van der Waals surface area contributed by atoms with Crippen LogP contribution in [0.5, 0.6) is 0 Å². The van der Waals surface area contributed by atoms with Crippen LogP contribution in [-0.4, -0.2) is 49.7 Å². The van der Waals surface area contributed by atoms with Gasteiger partial charge in [0.15, 0.2) is 0 Å². The number of aliphatic hydroxyl groups excluding tert-OH is 1. The predicted octanol–water partition coefficient (Wildman–Crippen LogP) is 0.685. The van der Waals surface area contributed by atoms with Gasteiger partial charge in [-0.05, 0) is 12.8 Å². The summed E-state index contributed by atoms with van der Waals surface area (Å²) in [4.78, 5) is 0. The SMILES string of the molecule is OC(CNC1COC1)COC1CCCCC1. The average Bonchev–Trinajstić information content (AvgIpc) is 2.26. The van der Waals surface area contributed by atoms with Crippen molar-refractivity contribution < 1.29 is 14.6 Å². The monoisotopic (exact) mass is 229 g/mol. The standard InChI is InChI=1S/C12H23NO3/c14-11(6-13-10-7-15-8-10)9-16-12-4-2-1-3-5-12/h10-14H,1-9H2. The van der Waals surface area contributed by atoms with Gasteiger partial charge >= 0.3 is 0 Å². The lowest BCUT2D eigenvalue weighted by Crippen LogP contribution is -2.49. The van der Waals surface area contributed by atoms with E-state index in [4.69, 9.17) is 9.47 Å². The molecule has 0 bridgehead atoms. The third-order valence-corrected chi connectivity index (χ3v) is 3.36. The minimum absolute atomic E-state index is 0.385. The van der Waals surface area contributed by atoms with E-state index in [0.717, 1.165) is 26.1 Å². The fraction of sp³-hybridized carbons (Fsp3) is 1.00. The van der Waals surface area contributed by atoms with Gasteiger partial charge in [0.05, 0.1) is 38.1 Å². The zero-order valence-electron chi connectivity index (χ0n) is 9.86. The highest BCUT2D eigenvalue weighted by Crippen LogP contribution is 2.20. The Morgan fingerprint density at radius 2 is 2.00 bits per heavy atom. The van der Waals surface area contributed by atoms with Gasteiger partial charge in [0.2, 0.25) is 0 Å². The fourth-order valence-corrected chi connectivity index (χ4v) is 2.19. The van der Waals surface area contributed by atoms with Crippen LogP contribution in [0.25, 0.3) is 0 Å². The van der Waals surface area contributed by atoms with Crippen LogP contribution in [0.1, 0.15) is 32.1 Å². The molecule has 1 aliphatic carbocycles. The van der Waals surface area contributed by atoms with Gasteiger partial charge in [-0.2, -0.15) is 0 Å². The molecule has 94 valence electrons. The van der Waals surface area contributed by atoms with E-state index in [2.05, 4.69) is 5.32 Å². The molecule has 1 heterocycles. The molecule has 0 amide bonds. The van der Waals surface area contributed by atoms with Crippen molar-refractivity contribution in [1.29, 1.82) is 0 Å². The topological polar surface area (TPSA) is 50.7 Å². The quantitative estimate of drug-likeness (QED) is 0.703. The summed E-state index contributed by atoms with van der Waals surface area (Å²) in [6.45, 7) is 2.62. The molecule has 2 rings (SSSR count). The largest absolute Gasteiger partial charge is 0.389 e. The second-order valence-electron chi connectivity index (χ2n) is 4.89. The zero-order chi connectivity index (χ0) is 11.2. The van der Waals surface area contributed by atoms with E-state index < -0.39 is 0 Å². The molecule has 4 heteroatoms. The van der Waals surface area contributed by atoms with Crippen LogP contribution in [0.3, 0.4) is 0 Å². The van der Waals surface area contributed by atoms with Crippen molar-refractivity contribution in [3.05, 3.63) is 0 Å². The van der Waals surface area contributed by atoms with Gasteiger partial charge in [-0.1, -0.05) is 19.3 Å². The lowest BCUT2D eigenvalue weighted by Gasteiger charge is -2.28. The van der Waals surface area contributed by atoms with E-state index in [-0.39, 0.29) is 6.10 Å². The average molecular weight is 229 g/mol. The number of rotatable bonds is 6. The van der Waals surface area contributed by atoms with Gasteiger partial charge < -0.3 is 19.9 Å². The van der Waals surface area contributed by atoms with Gasteiger partial charge in [0.1, 0.15) is 0 Å². The first-order valence-electron chi connectivity index (χ1n) is 6.45. The van der Waals surface area contributed by atoms with Crippen LogP contribution in [0.4, 0.5) is 0 Å². The zero-order valence-corrected chi connectivity index (χ0v) is 9.86. The lowest BCUT2D eigenvalue weighted by molar-refractivity contribution is -0.0361. The van der Waals surface area contributed by atoms with Crippen LogP contribution in [-0.2, 0) is 9.47 Å². The highest BCUT2D eigenvalue weighted by molar-refractivity contribution is 4.75. The Labute approximate surface area is 97.3 Å².